The van der Waals surface area contributed by atoms with E-state index in [1.807, 2.05) is 42.5 Å². The largest absolute Gasteiger partial charge is 0.485 e. The van der Waals surface area contributed by atoms with Crippen molar-refractivity contribution in [2.24, 2.45) is 10.9 Å². The number of nitrogens with zero attached hydrogens (tertiary/aromatic N) is 1. The number of carbonyl (C=O) groups is 1. The zero-order valence-corrected chi connectivity index (χ0v) is 15.4. The second-order valence-corrected chi connectivity index (χ2v) is 6.11. The van der Waals surface area contributed by atoms with E-state index in [-0.39, 0.29) is 18.1 Å². The molecule has 0 spiro atoms. The van der Waals surface area contributed by atoms with E-state index in [1.54, 1.807) is 24.3 Å². The molecule has 0 aliphatic rings. The highest BCUT2D eigenvalue weighted by Gasteiger charge is 2.15. The van der Waals surface area contributed by atoms with Gasteiger partial charge in [-0.25, -0.2) is 4.39 Å². The molecule has 28 heavy (non-hydrogen) atoms. The number of nitrogens with two attached hydrogens (primary N) is 1. The first-order chi connectivity index (χ1) is 13.6. The van der Waals surface area contributed by atoms with E-state index in [0.717, 1.165) is 11.1 Å². The number of para-hydroxylation sites is 2. The average Bonchev–Trinajstić information content (AvgIpc) is 2.72. The molecule has 0 heterocycles. The fourth-order valence-corrected chi connectivity index (χ4v) is 2.78. The van der Waals surface area contributed by atoms with Crippen molar-refractivity contribution in [3.63, 3.8) is 0 Å². The Balaban J connectivity index is 2.02. The number of Topliss-reactive ketones (excluding diaryl/α,β-unsaturated/α-hetero) is 1. The zero-order valence-electron chi connectivity index (χ0n) is 15.4. The third-order valence-electron chi connectivity index (χ3n) is 4.05. The molecule has 0 bridgehead atoms. The van der Waals surface area contributed by atoms with E-state index >= 15 is 0 Å². The number of benzene rings is 3. The second kappa shape index (κ2) is 8.81. The van der Waals surface area contributed by atoms with Gasteiger partial charge in [0.1, 0.15) is 18.2 Å². The van der Waals surface area contributed by atoms with Crippen molar-refractivity contribution in [2.75, 3.05) is 11.9 Å². The van der Waals surface area contributed by atoms with E-state index in [1.165, 1.54) is 13.0 Å². The third kappa shape index (κ3) is 4.35. The van der Waals surface area contributed by atoms with E-state index in [0.29, 0.717) is 17.1 Å². The first-order valence-corrected chi connectivity index (χ1v) is 8.70. The predicted octanol–water partition coefficient (Wildman–Crippen LogP) is 4.19. The van der Waals surface area contributed by atoms with Crippen LogP contribution in [0.5, 0.6) is 5.75 Å². The molecule has 0 saturated carbocycles. The standard InChI is InChI=1S/C22H20FN3O2/c1-15(27)14-28-21-13-7-4-9-17(21)16-8-2-3-10-18(16)22(26-24)25-20-12-6-5-11-19(20)23/h2-13H,14,24H2,1H3,(H,25,26). The van der Waals surface area contributed by atoms with E-state index < -0.39 is 5.82 Å². The number of ether oxygens (including phenoxy) is 1. The van der Waals surface area contributed by atoms with Crippen LogP contribution in [0.25, 0.3) is 11.1 Å². The summed E-state index contributed by atoms with van der Waals surface area (Å²) < 4.78 is 19.7. The van der Waals surface area contributed by atoms with Crippen molar-refractivity contribution < 1.29 is 13.9 Å². The molecule has 0 aromatic heterocycles. The van der Waals surface area contributed by atoms with Gasteiger partial charge in [0.05, 0.1) is 5.69 Å². The van der Waals surface area contributed by atoms with Crippen LogP contribution in [0.15, 0.2) is 77.9 Å². The van der Waals surface area contributed by atoms with Crippen LogP contribution >= 0.6 is 0 Å². The van der Waals surface area contributed by atoms with Gasteiger partial charge < -0.3 is 15.9 Å². The van der Waals surface area contributed by atoms with Crippen LogP contribution in [0.4, 0.5) is 10.1 Å². The number of hydrogen-bond donors (Lipinski definition) is 2. The summed E-state index contributed by atoms with van der Waals surface area (Å²) in [6.45, 7) is 1.44. The van der Waals surface area contributed by atoms with Crippen LogP contribution in [0, 0.1) is 5.82 Å². The highest BCUT2D eigenvalue weighted by Crippen LogP contribution is 2.33. The number of nitrogens with one attached hydrogen (secondary N) is 1. The molecule has 6 heteroatoms. The van der Waals surface area contributed by atoms with Gasteiger partial charge in [0.25, 0.3) is 0 Å². The molecule has 0 aliphatic carbocycles. The maximum atomic E-state index is 14.1. The molecule has 3 N–H and O–H groups in total. The van der Waals surface area contributed by atoms with Crippen LogP contribution in [-0.2, 0) is 4.79 Å². The van der Waals surface area contributed by atoms with Crippen molar-refractivity contribution in [3.8, 4) is 16.9 Å². The smallest absolute Gasteiger partial charge is 0.167 e. The molecular weight excluding hydrogens is 357 g/mol. The Bertz CT molecular complexity index is 1020. The minimum absolute atomic E-state index is 0.0233. The van der Waals surface area contributed by atoms with Gasteiger partial charge in [-0.2, -0.15) is 5.10 Å². The molecule has 142 valence electrons. The monoisotopic (exact) mass is 377 g/mol. The Morgan fingerprint density at radius 1 is 1.00 bits per heavy atom. The normalized spacial score (nSPS) is 11.1. The summed E-state index contributed by atoms with van der Waals surface area (Å²) in [5, 5.41) is 6.78. The molecule has 0 fully saturated rings. The topological polar surface area (TPSA) is 76.7 Å². The van der Waals surface area contributed by atoms with Gasteiger partial charge in [-0.3, -0.25) is 4.79 Å². The molecule has 0 radical (unpaired) electrons. The van der Waals surface area contributed by atoms with Crippen molar-refractivity contribution in [2.45, 2.75) is 6.92 Å². The van der Waals surface area contributed by atoms with Crippen molar-refractivity contribution in [3.05, 3.63) is 84.2 Å². The molecule has 3 aromatic rings. The van der Waals surface area contributed by atoms with E-state index in [4.69, 9.17) is 10.6 Å². The van der Waals surface area contributed by atoms with Gasteiger partial charge in [-0.15, -0.1) is 0 Å². The van der Waals surface area contributed by atoms with Crippen LogP contribution in [-0.4, -0.2) is 18.2 Å². The molecule has 0 amide bonds. The SMILES string of the molecule is CC(=O)COc1ccccc1-c1ccccc1/C(=N/N)Nc1ccccc1F. The first kappa shape index (κ1) is 19.1. The Morgan fingerprint density at radius 2 is 1.64 bits per heavy atom. The number of halogens is 1. The predicted molar refractivity (Wildman–Crippen MR) is 109 cm³/mol. The summed E-state index contributed by atoms with van der Waals surface area (Å²) in [5.41, 5.74) is 2.50. The van der Waals surface area contributed by atoms with Gasteiger partial charge in [0.15, 0.2) is 11.6 Å². The summed E-state index contributed by atoms with van der Waals surface area (Å²) >= 11 is 0. The quantitative estimate of drug-likeness (QED) is 0.292. The van der Waals surface area contributed by atoms with Crippen molar-refractivity contribution >= 4 is 17.3 Å². The molecule has 0 atom stereocenters. The molecule has 3 aromatic carbocycles. The lowest BCUT2D eigenvalue weighted by molar-refractivity contribution is -0.118. The van der Waals surface area contributed by atoms with Crippen LogP contribution < -0.4 is 15.9 Å². The minimum atomic E-state index is -0.411. The fourth-order valence-electron chi connectivity index (χ4n) is 2.78. The Kier molecular flexibility index (Phi) is 6.01. The summed E-state index contributed by atoms with van der Waals surface area (Å²) in [7, 11) is 0. The lowest BCUT2D eigenvalue weighted by atomic mass is 9.98. The van der Waals surface area contributed by atoms with Gasteiger partial charge in [0, 0.05) is 11.1 Å². The molecule has 5 nitrogen and oxygen atoms in total. The van der Waals surface area contributed by atoms with Crippen LogP contribution in [0.3, 0.4) is 0 Å². The highest BCUT2D eigenvalue weighted by molar-refractivity contribution is 6.12. The summed E-state index contributed by atoms with van der Waals surface area (Å²) in [5.74, 6) is 6.00. The average molecular weight is 377 g/mol. The maximum Gasteiger partial charge on any atom is 0.167 e. The minimum Gasteiger partial charge on any atom is -0.485 e. The van der Waals surface area contributed by atoms with Gasteiger partial charge in [-0.05, 0) is 30.7 Å². The number of ketones is 1. The fraction of sp³-hybridized carbons (Fsp3) is 0.0909. The molecular formula is C22H20FN3O2. The number of anilines is 1. The summed E-state index contributed by atoms with van der Waals surface area (Å²) in [4.78, 5) is 11.3. The number of amidine groups is 1. The summed E-state index contributed by atoms with van der Waals surface area (Å²) in [6.07, 6.45) is 0. The number of carbonyl (C=O) groups excluding carboxylic acids is 1. The summed E-state index contributed by atoms with van der Waals surface area (Å²) in [6, 6.07) is 21.1. The zero-order chi connectivity index (χ0) is 19.9. The maximum absolute atomic E-state index is 14.1. The number of hydrogen-bond acceptors (Lipinski definition) is 4. The van der Waals surface area contributed by atoms with E-state index in [2.05, 4.69) is 10.4 Å². The molecule has 3 rings (SSSR count). The number of hydrazone groups is 1. The molecule has 0 aliphatic heterocycles. The third-order valence-corrected chi connectivity index (χ3v) is 4.05. The number of rotatable bonds is 6. The van der Waals surface area contributed by atoms with Crippen molar-refractivity contribution in [1.82, 2.24) is 0 Å². The highest BCUT2D eigenvalue weighted by atomic mass is 19.1. The Morgan fingerprint density at radius 3 is 2.36 bits per heavy atom. The first-order valence-electron chi connectivity index (χ1n) is 8.70. The van der Waals surface area contributed by atoms with Gasteiger partial charge in [0.2, 0.25) is 0 Å². The second-order valence-electron chi connectivity index (χ2n) is 6.11. The van der Waals surface area contributed by atoms with Crippen LogP contribution in [0.2, 0.25) is 0 Å². The van der Waals surface area contributed by atoms with Gasteiger partial charge in [-0.1, -0.05) is 54.6 Å². The lowest BCUT2D eigenvalue weighted by Crippen LogP contribution is -2.18. The lowest BCUT2D eigenvalue weighted by Gasteiger charge is -2.16. The van der Waals surface area contributed by atoms with E-state index in [9.17, 15) is 9.18 Å². The molecule has 0 unspecified atom stereocenters. The van der Waals surface area contributed by atoms with Gasteiger partial charge >= 0.3 is 0 Å². The van der Waals surface area contributed by atoms with Crippen LogP contribution in [0.1, 0.15) is 12.5 Å². The Hall–Kier alpha value is -3.67. The Labute approximate surface area is 162 Å². The van der Waals surface area contributed by atoms with Crippen molar-refractivity contribution in [1.29, 1.82) is 0 Å². The molecule has 0 saturated heterocycles.